The molecule has 0 rings (SSSR count). The van der Waals surface area contributed by atoms with Crippen LogP contribution in [-0.2, 0) is 0 Å². The first kappa shape index (κ1) is 13.0. The van der Waals surface area contributed by atoms with Gasteiger partial charge >= 0.3 is 0 Å². The summed E-state index contributed by atoms with van der Waals surface area (Å²) in [5.41, 5.74) is 2.49. The first-order valence-electron chi connectivity index (χ1n) is 4.31. The quantitative estimate of drug-likeness (QED) is 0.541. The van der Waals surface area contributed by atoms with Gasteiger partial charge in [-0.2, -0.15) is 0 Å². The Labute approximate surface area is 71.2 Å². The fourth-order valence-electron chi connectivity index (χ4n) is 0.523. The lowest BCUT2D eigenvalue weighted by molar-refractivity contribution is 1.10. The smallest absolute Gasteiger partial charge is 0.0313 e. The fraction of sp³-hybridized carbons (Fsp3) is 0.700. The summed E-state index contributed by atoms with van der Waals surface area (Å²) in [7, 11) is 1.81. The third-order valence-corrected chi connectivity index (χ3v) is 1.37. The number of rotatable bonds is 2. The normalized spacial score (nSPS) is 12.2. The van der Waals surface area contributed by atoms with Gasteiger partial charge in [-0.05, 0) is 26.3 Å². The van der Waals surface area contributed by atoms with E-state index in [0.29, 0.717) is 0 Å². The Bertz CT molecular complexity index is 132. The molecule has 0 amide bonds. The zero-order valence-electron chi connectivity index (χ0n) is 8.73. The minimum Gasteiger partial charge on any atom is -0.293 e. The number of nitrogens with zero attached hydrogens (tertiary/aromatic N) is 1. The van der Waals surface area contributed by atoms with Crippen LogP contribution in [0.1, 0.15) is 41.0 Å². The van der Waals surface area contributed by atoms with Gasteiger partial charge in [0, 0.05) is 12.8 Å². The van der Waals surface area contributed by atoms with Crippen LogP contribution in [0.4, 0.5) is 0 Å². The van der Waals surface area contributed by atoms with E-state index in [4.69, 9.17) is 0 Å². The van der Waals surface area contributed by atoms with Gasteiger partial charge in [0.15, 0.2) is 0 Å². The largest absolute Gasteiger partial charge is 0.293 e. The first-order chi connectivity index (χ1) is 5.20. The summed E-state index contributed by atoms with van der Waals surface area (Å²) in [6.45, 7) is 10.3. The van der Waals surface area contributed by atoms with Crippen molar-refractivity contribution in [3.8, 4) is 0 Å². The molecule has 0 N–H and O–H groups in total. The van der Waals surface area contributed by atoms with Crippen molar-refractivity contribution >= 4 is 5.71 Å². The molecular weight excluding hydrogens is 134 g/mol. The molecule has 0 unspecified atom stereocenters. The third-order valence-electron chi connectivity index (χ3n) is 1.37. The second kappa shape index (κ2) is 9.41. The van der Waals surface area contributed by atoms with Crippen LogP contribution in [0.25, 0.3) is 0 Å². The van der Waals surface area contributed by atoms with Crippen LogP contribution in [0.2, 0.25) is 0 Å². The molecule has 0 aliphatic carbocycles. The maximum Gasteiger partial charge on any atom is 0.0313 e. The molecular formula is C10H21N. The Morgan fingerprint density at radius 3 is 2.00 bits per heavy atom. The van der Waals surface area contributed by atoms with E-state index in [1.807, 2.05) is 27.8 Å². The Balaban J connectivity index is 0. The number of aliphatic imine (C=N–C) groups is 1. The topological polar surface area (TPSA) is 12.4 Å². The van der Waals surface area contributed by atoms with Crippen molar-refractivity contribution in [1.29, 1.82) is 0 Å². The first-order valence-corrected chi connectivity index (χ1v) is 4.31. The van der Waals surface area contributed by atoms with Gasteiger partial charge in [0.05, 0.1) is 0 Å². The second-order valence-corrected chi connectivity index (χ2v) is 2.21. The minimum atomic E-state index is 1.11. The molecule has 0 bridgehead atoms. The van der Waals surface area contributed by atoms with Crippen LogP contribution < -0.4 is 0 Å². The average molecular weight is 155 g/mol. The Hall–Kier alpha value is -0.590. The predicted molar refractivity (Wildman–Crippen MR) is 54.4 cm³/mol. The van der Waals surface area contributed by atoms with E-state index in [0.717, 1.165) is 12.1 Å². The van der Waals surface area contributed by atoms with Crippen molar-refractivity contribution in [1.82, 2.24) is 0 Å². The Morgan fingerprint density at radius 2 is 1.73 bits per heavy atom. The molecule has 1 heteroatoms. The van der Waals surface area contributed by atoms with Crippen LogP contribution in [0.15, 0.2) is 16.6 Å². The number of allylic oxidation sites excluding steroid dienone is 2. The van der Waals surface area contributed by atoms with E-state index < -0.39 is 0 Å². The predicted octanol–water partition coefficient (Wildman–Crippen LogP) is 3.46. The second-order valence-electron chi connectivity index (χ2n) is 2.21. The SMILES string of the molecule is CC.CC/C(C)=C/C(C)=NC. The van der Waals surface area contributed by atoms with E-state index in [-0.39, 0.29) is 0 Å². The van der Waals surface area contributed by atoms with Gasteiger partial charge in [-0.15, -0.1) is 0 Å². The van der Waals surface area contributed by atoms with Crippen LogP contribution in [0, 0.1) is 0 Å². The standard InChI is InChI=1S/C8H15N.C2H6/c1-5-7(2)6-8(3)9-4;1-2/h6H,5H2,1-4H3;1-2H3/b7-6+,9-8?;. The molecule has 0 saturated carbocycles. The molecule has 0 heterocycles. The maximum absolute atomic E-state index is 4.02. The van der Waals surface area contributed by atoms with E-state index in [2.05, 4.69) is 24.9 Å². The highest BCUT2D eigenvalue weighted by Gasteiger charge is 1.83. The highest BCUT2D eigenvalue weighted by molar-refractivity contribution is 5.93. The lowest BCUT2D eigenvalue weighted by atomic mass is 10.2. The summed E-state index contributed by atoms with van der Waals surface area (Å²) < 4.78 is 0. The van der Waals surface area contributed by atoms with E-state index in [1.54, 1.807) is 0 Å². The maximum atomic E-state index is 4.02. The summed E-state index contributed by atoms with van der Waals surface area (Å²) in [4.78, 5) is 4.02. The summed E-state index contributed by atoms with van der Waals surface area (Å²) in [6.07, 6.45) is 3.23. The zero-order chi connectivity index (χ0) is 9.28. The summed E-state index contributed by atoms with van der Waals surface area (Å²) in [5.74, 6) is 0. The summed E-state index contributed by atoms with van der Waals surface area (Å²) in [5, 5.41) is 0. The van der Waals surface area contributed by atoms with Gasteiger partial charge in [-0.25, -0.2) is 0 Å². The molecule has 0 aliphatic rings. The van der Waals surface area contributed by atoms with Crippen LogP contribution in [-0.4, -0.2) is 12.8 Å². The van der Waals surface area contributed by atoms with Crippen molar-refractivity contribution in [3.63, 3.8) is 0 Å². The molecule has 0 aromatic carbocycles. The minimum absolute atomic E-state index is 1.11. The Kier molecular flexibility index (Phi) is 11.1. The molecule has 0 aromatic heterocycles. The van der Waals surface area contributed by atoms with Gasteiger partial charge in [-0.1, -0.05) is 26.3 Å². The molecule has 0 fully saturated rings. The van der Waals surface area contributed by atoms with Gasteiger partial charge in [0.25, 0.3) is 0 Å². The molecule has 0 aromatic rings. The number of hydrogen-bond acceptors (Lipinski definition) is 1. The van der Waals surface area contributed by atoms with E-state index in [9.17, 15) is 0 Å². The van der Waals surface area contributed by atoms with Gasteiger partial charge in [0.1, 0.15) is 0 Å². The molecule has 11 heavy (non-hydrogen) atoms. The van der Waals surface area contributed by atoms with Crippen molar-refractivity contribution in [2.24, 2.45) is 4.99 Å². The molecule has 0 atom stereocenters. The van der Waals surface area contributed by atoms with Crippen LogP contribution >= 0.6 is 0 Å². The third kappa shape index (κ3) is 9.41. The van der Waals surface area contributed by atoms with Gasteiger partial charge in [0.2, 0.25) is 0 Å². The monoisotopic (exact) mass is 155 g/mol. The molecule has 1 nitrogen and oxygen atoms in total. The van der Waals surface area contributed by atoms with E-state index in [1.165, 1.54) is 5.57 Å². The highest BCUT2D eigenvalue weighted by atomic mass is 14.7. The van der Waals surface area contributed by atoms with Gasteiger partial charge in [-0.3, -0.25) is 4.99 Å². The lowest BCUT2D eigenvalue weighted by Crippen LogP contribution is -1.85. The van der Waals surface area contributed by atoms with Crippen molar-refractivity contribution in [2.75, 3.05) is 7.05 Å². The zero-order valence-corrected chi connectivity index (χ0v) is 8.73. The van der Waals surface area contributed by atoms with E-state index >= 15 is 0 Å². The molecule has 0 spiro atoms. The summed E-state index contributed by atoms with van der Waals surface area (Å²) in [6, 6.07) is 0. The molecule has 0 aliphatic heterocycles. The molecule has 0 radical (unpaired) electrons. The Morgan fingerprint density at radius 1 is 1.27 bits per heavy atom. The van der Waals surface area contributed by atoms with Crippen LogP contribution in [0.3, 0.4) is 0 Å². The fourth-order valence-corrected chi connectivity index (χ4v) is 0.523. The number of hydrogen-bond donors (Lipinski definition) is 0. The summed E-state index contributed by atoms with van der Waals surface area (Å²) >= 11 is 0. The van der Waals surface area contributed by atoms with Gasteiger partial charge < -0.3 is 0 Å². The average Bonchev–Trinajstić information content (AvgIpc) is 2.07. The molecule has 0 saturated heterocycles. The van der Waals surface area contributed by atoms with Crippen molar-refractivity contribution < 1.29 is 0 Å². The lowest BCUT2D eigenvalue weighted by Gasteiger charge is -1.92. The van der Waals surface area contributed by atoms with Crippen molar-refractivity contribution in [2.45, 2.75) is 41.0 Å². The highest BCUT2D eigenvalue weighted by Crippen LogP contribution is 1.97. The van der Waals surface area contributed by atoms with Crippen molar-refractivity contribution in [3.05, 3.63) is 11.6 Å². The molecule has 66 valence electrons. The van der Waals surface area contributed by atoms with Crippen LogP contribution in [0.5, 0.6) is 0 Å².